The molecule has 3 rings (SSSR count). The first-order valence-electron chi connectivity index (χ1n) is 6.24. The third-order valence-electron chi connectivity index (χ3n) is 3.49. The van der Waals surface area contributed by atoms with Gasteiger partial charge in [0.2, 0.25) is 0 Å². The summed E-state index contributed by atoms with van der Waals surface area (Å²) in [6.45, 7) is 2.22. The van der Waals surface area contributed by atoms with Crippen molar-refractivity contribution in [2.75, 3.05) is 12.1 Å². The van der Waals surface area contributed by atoms with Crippen LogP contribution in [-0.4, -0.2) is 12.8 Å². The van der Waals surface area contributed by atoms with Gasteiger partial charge in [0.05, 0.1) is 11.4 Å². The first kappa shape index (κ1) is 11.0. The van der Waals surface area contributed by atoms with E-state index in [-0.39, 0.29) is 0 Å². The summed E-state index contributed by atoms with van der Waals surface area (Å²) in [5.74, 6) is 0.333. The summed E-state index contributed by atoms with van der Waals surface area (Å²) in [5, 5.41) is 6.69. The average Bonchev–Trinajstić information content (AvgIpc) is 2.44. The topological polar surface area (TPSA) is 15.6 Å². The van der Waals surface area contributed by atoms with Gasteiger partial charge in [-0.05, 0) is 17.2 Å². The number of hydrogen-bond acceptors (Lipinski definition) is 2. The molecule has 0 bridgehead atoms. The van der Waals surface area contributed by atoms with Crippen LogP contribution in [-0.2, 0) is 0 Å². The van der Waals surface area contributed by atoms with Gasteiger partial charge in [-0.3, -0.25) is 5.01 Å². The SMILES string of the molecule is CC1C(c2ccccc2)=NN(C)c2ccccc21. The Kier molecular flexibility index (Phi) is 2.63. The number of benzene rings is 2. The molecule has 0 saturated heterocycles. The van der Waals surface area contributed by atoms with E-state index in [0.29, 0.717) is 5.92 Å². The molecule has 90 valence electrons. The fourth-order valence-corrected chi connectivity index (χ4v) is 2.51. The van der Waals surface area contributed by atoms with Crippen molar-refractivity contribution < 1.29 is 0 Å². The van der Waals surface area contributed by atoms with E-state index in [2.05, 4.69) is 55.5 Å². The number of para-hydroxylation sites is 1. The Hall–Kier alpha value is -2.09. The maximum Gasteiger partial charge on any atom is 0.0754 e. The van der Waals surface area contributed by atoms with Gasteiger partial charge in [-0.15, -0.1) is 0 Å². The number of anilines is 1. The predicted molar refractivity (Wildman–Crippen MR) is 76.2 cm³/mol. The van der Waals surface area contributed by atoms with Gasteiger partial charge < -0.3 is 0 Å². The molecule has 1 unspecified atom stereocenters. The molecule has 2 aromatic carbocycles. The molecule has 0 radical (unpaired) electrons. The van der Waals surface area contributed by atoms with E-state index >= 15 is 0 Å². The minimum atomic E-state index is 0.333. The van der Waals surface area contributed by atoms with Crippen molar-refractivity contribution >= 4 is 11.4 Å². The summed E-state index contributed by atoms with van der Waals surface area (Å²) in [5.41, 5.74) is 4.88. The molecular weight excluding hydrogens is 220 g/mol. The van der Waals surface area contributed by atoms with Gasteiger partial charge >= 0.3 is 0 Å². The lowest BCUT2D eigenvalue weighted by Crippen LogP contribution is -2.25. The van der Waals surface area contributed by atoms with Crippen molar-refractivity contribution in [1.29, 1.82) is 0 Å². The molecule has 0 spiro atoms. The van der Waals surface area contributed by atoms with Crippen molar-refractivity contribution in [3.8, 4) is 0 Å². The molecule has 1 aliphatic rings. The van der Waals surface area contributed by atoms with Gasteiger partial charge in [0, 0.05) is 13.0 Å². The van der Waals surface area contributed by atoms with E-state index < -0.39 is 0 Å². The molecule has 0 N–H and O–H groups in total. The van der Waals surface area contributed by atoms with E-state index in [1.807, 2.05) is 18.1 Å². The zero-order valence-corrected chi connectivity index (χ0v) is 10.7. The second-order valence-corrected chi connectivity index (χ2v) is 4.66. The van der Waals surface area contributed by atoms with Crippen LogP contribution in [0.15, 0.2) is 59.7 Å². The van der Waals surface area contributed by atoms with Crippen LogP contribution in [0.5, 0.6) is 0 Å². The van der Waals surface area contributed by atoms with Gasteiger partial charge in [0.1, 0.15) is 0 Å². The van der Waals surface area contributed by atoms with E-state index in [1.165, 1.54) is 16.8 Å². The van der Waals surface area contributed by atoms with Gasteiger partial charge in [0.15, 0.2) is 0 Å². The molecule has 2 aromatic rings. The second kappa shape index (κ2) is 4.30. The monoisotopic (exact) mass is 236 g/mol. The van der Waals surface area contributed by atoms with Gasteiger partial charge in [0.25, 0.3) is 0 Å². The van der Waals surface area contributed by atoms with Crippen molar-refractivity contribution in [3.05, 3.63) is 65.7 Å². The highest BCUT2D eigenvalue weighted by molar-refractivity contribution is 6.07. The van der Waals surface area contributed by atoms with Crippen LogP contribution in [0, 0.1) is 0 Å². The standard InChI is InChI=1S/C16H16N2/c1-12-14-10-6-7-11-15(14)18(2)17-16(12)13-8-4-3-5-9-13/h3-12H,1-2H3. The van der Waals surface area contributed by atoms with Gasteiger partial charge in [-0.2, -0.15) is 5.10 Å². The third kappa shape index (κ3) is 1.70. The highest BCUT2D eigenvalue weighted by Crippen LogP contribution is 2.34. The fourth-order valence-electron chi connectivity index (χ4n) is 2.51. The van der Waals surface area contributed by atoms with Crippen molar-refractivity contribution in [2.45, 2.75) is 12.8 Å². The van der Waals surface area contributed by atoms with Gasteiger partial charge in [-0.1, -0.05) is 55.5 Å². The molecule has 0 fully saturated rings. The van der Waals surface area contributed by atoms with Crippen molar-refractivity contribution in [3.63, 3.8) is 0 Å². The van der Waals surface area contributed by atoms with Crippen LogP contribution < -0.4 is 5.01 Å². The summed E-state index contributed by atoms with van der Waals surface area (Å²) < 4.78 is 0. The van der Waals surface area contributed by atoms with Crippen molar-refractivity contribution in [2.24, 2.45) is 5.10 Å². The van der Waals surface area contributed by atoms with Crippen LogP contribution in [0.3, 0.4) is 0 Å². The Balaban J connectivity index is 2.10. The Morgan fingerprint density at radius 1 is 0.944 bits per heavy atom. The molecule has 0 aromatic heterocycles. The minimum absolute atomic E-state index is 0.333. The van der Waals surface area contributed by atoms with Gasteiger partial charge in [-0.25, -0.2) is 0 Å². The summed E-state index contributed by atoms with van der Waals surface area (Å²) in [4.78, 5) is 0. The van der Waals surface area contributed by atoms with Crippen molar-refractivity contribution in [1.82, 2.24) is 0 Å². The highest BCUT2D eigenvalue weighted by Gasteiger charge is 2.24. The predicted octanol–water partition coefficient (Wildman–Crippen LogP) is 3.64. The maximum absolute atomic E-state index is 4.72. The maximum atomic E-state index is 4.72. The number of rotatable bonds is 1. The Labute approximate surface area is 108 Å². The smallest absolute Gasteiger partial charge is 0.0754 e. The lowest BCUT2D eigenvalue weighted by molar-refractivity contribution is 0.894. The molecule has 0 amide bonds. The quantitative estimate of drug-likeness (QED) is 0.738. The van der Waals surface area contributed by atoms with Crippen LogP contribution in [0.1, 0.15) is 24.0 Å². The zero-order valence-electron chi connectivity index (χ0n) is 10.7. The van der Waals surface area contributed by atoms with E-state index in [1.54, 1.807) is 0 Å². The molecule has 1 aliphatic heterocycles. The minimum Gasteiger partial charge on any atom is -0.268 e. The number of nitrogens with zero attached hydrogens (tertiary/aromatic N) is 2. The van der Waals surface area contributed by atoms with E-state index in [9.17, 15) is 0 Å². The van der Waals surface area contributed by atoms with Crippen LogP contribution in [0.25, 0.3) is 0 Å². The molecule has 18 heavy (non-hydrogen) atoms. The molecule has 2 nitrogen and oxygen atoms in total. The van der Waals surface area contributed by atoms with Crippen LogP contribution in [0.4, 0.5) is 5.69 Å². The molecular formula is C16H16N2. The number of fused-ring (bicyclic) bond motifs is 1. The molecule has 1 heterocycles. The normalized spacial score (nSPS) is 18.2. The Bertz CT molecular complexity index is 587. The fraction of sp³-hybridized carbons (Fsp3) is 0.188. The first-order chi connectivity index (χ1) is 8.77. The average molecular weight is 236 g/mol. The largest absolute Gasteiger partial charge is 0.268 e. The summed E-state index contributed by atoms with van der Waals surface area (Å²) in [7, 11) is 2.01. The van der Waals surface area contributed by atoms with Crippen LogP contribution in [0.2, 0.25) is 0 Å². The lowest BCUT2D eigenvalue weighted by atomic mass is 9.89. The summed E-state index contributed by atoms with van der Waals surface area (Å²) in [6.07, 6.45) is 0. The van der Waals surface area contributed by atoms with E-state index in [4.69, 9.17) is 5.10 Å². The first-order valence-corrected chi connectivity index (χ1v) is 6.24. The lowest BCUT2D eigenvalue weighted by Gasteiger charge is -2.29. The third-order valence-corrected chi connectivity index (χ3v) is 3.49. The van der Waals surface area contributed by atoms with Crippen LogP contribution >= 0.6 is 0 Å². The molecule has 0 aliphatic carbocycles. The van der Waals surface area contributed by atoms with E-state index in [0.717, 1.165) is 5.71 Å². The summed E-state index contributed by atoms with van der Waals surface area (Å²) >= 11 is 0. The Morgan fingerprint density at radius 3 is 2.39 bits per heavy atom. The highest BCUT2D eigenvalue weighted by atomic mass is 15.4. The molecule has 2 heteroatoms. The second-order valence-electron chi connectivity index (χ2n) is 4.66. The zero-order chi connectivity index (χ0) is 12.5. The number of hydrazone groups is 1. The number of hydrogen-bond donors (Lipinski definition) is 0. The Morgan fingerprint density at radius 2 is 1.61 bits per heavy atom. The summed E-state index contributed by atoms with van der Waals surface area (Å²) in [6, 6.07) is 18.9. The molecule has 0 saturated carbocycles. The molecule has 1 atom stereocenters.